The van der Waals surface area contributed by atoms with E-state index in [4.69, 9.17) is 9.15 Å². The third-order valence-electron chi connectivity index (χ3n) is 3.51. The molecule has 3 nitrogen and oxygen atoms in total. The van der Waals surface area contributed by atoms with E-state index in [1.165, 1.54) is 6.07 Å². The molecule has 0 radical (unpaired) electrons. The third-order valence-corrected chi connectivity index (χ3v) is 3.51. The van der Waals surface area contributed by atoms with Crippen LogP contribution in [0.2, 0.25) is 0 Å². The Balaban J connectivity index is 0.00000208. The molecule has 0 saturated heterocycles. The summed E-state index contributed by atoms with van der Waals surface area (Å²) < 4.78 is 24.7. The standard InChI is InChI=1S/C19H18FNO2.ClH/c20-18-9-3-1-7-16(18)14-23-19-10-4-2-6-15(19)12-21-13-17-8-5-11-22-17;/h1-11,21H,12-14H2;1H. The first-order valence-electron chi connectivity index (χ1n) is 7.50. The predicted molar refractivity (Wildman–Crippen MR) is 93.7 cm³/mol. The van der Waals surface area contributed by atoms with Crippen molar-refractivity contribution in [2.45, 2.75) is 19.7 Å². The molecule has 1 heterocycles. The zero-order valence-corrected chi connectivity index (χ0v) is 13.9. The van der Waals surface area contributed by atoms with Gasteiger partial charge in [-0.05, 0) is 24.3 Å². The minimum Gasteiger partial charge on any atom is -0.488 e. The van der Waals surface area contributed by atoms with Crippen molar-refractivity contribution >= 4 is 12.4 Å². The molecule has 1 N–H and O–H groups in total. The van der Waals surface area contributed by atoms with Crippen LogP contribution in [-0.4, -0.2) is 0 Å². The molecule has 24 heavy (non-hydrogen) atoms. The first kappa shape index (κ1) is 18.0. The first-order chi connectivity index (χ1) is 11.3. The van der Waals surface area contributed by atoms with E-state index in [-0.39, 0.29) is 24.8 Å². The number of benzene rings is 2. The zero-order valence-electron chi connectivity index (χ0n) is 13.1. The molecule has 0 spiro atoms. The van der Waals surface area contributed by atoms with Crippen molar-refractivity contribution in [1.82, 2.24) is 5.32 Å². The Hall–Kier alpha value is -2.30. The molecule has 0 aliphatic heterocycles. The van der Waals surface area contributed by atoms with E-state index in [0.717, 1.165) is 17.1 Å². The van der Waals surface area contributed by atoms with Gasteiger partial charge in [-0.3, -0.25) is 0 Å². The van der Waals surface area contributed by atoms with Crippen LogP contribution in [-0.2, 0) is 19.7 Å². The Morgan fingerprint density at radius 2 is 1.62 bits per heavy atom. The van der Waals surface area contributed by atoms with Crippen LogP contribution in [0.4, 0.5) is 4.39 Å². The number of ether oxygens (including phenoxy) is 1. The van der Waals surface area contributed by atoms with Crippen LogP contribution in [0.3, 0.4) is 0 Å². The maximum absolute atomic E-state index is 13.6. The Bertz CT molecular complexity index is 747. The summed E-state index contributed by atoms with van der Waals surface area (Å²) in [6, 6.07) is 18.2. The first-order valence-corrected chi connectivity index (χ1v) is 7.50. The highest BCUT2D eigenvalue weighted by Gasteiger charge is 2.06. The quantitative estimate of drug-likeness (QED) is 0.672. The van der Waals surface area contributed by atoms with Crippen LogP contribution < -0.4 is 10.1 Å². The Morgan fingerprint density at radius 1 is 0.875 bits per heavy atom. The Kier molecular flexibility index (Phi) is 6.85. The number of hydrogen-bond donors (Lipinski definition) is 1. The van der Waals surface area contributed by atoms with Gasteiger partial charge < -0.3 is 14.5 Å². The lowest BCUT2D eigenvalue weighted by Gasteiger charge is -2.12. The van der Waals surface area contributed by atoms with Crippen molar-refractivity contribution in [2.75, 3.05) is 0 Å². The fraction of sp³-hybridized carbons (Fsp3) is 0.158. The van der Waals surface area contributed by atoms with Crippen molar-refractivity contribution in [3.05, 3.63) is 89.6 Å². The van der Waals surface area contributed by atoms with Gasteiger partial charge in [-0.15, -0.1) is 12.4 Å². The van der Waals surface area contributed by atoms with E-state index in [0.29, 0.717) is 18.7 Å². The van der Waals surface area contributed by atoms with Crippen LogP contribution in [0.25, 0.3) is 0 Å². The molecule has 3 rings (SSSR count). The van der Waals surface area contributed by atoms with Crippen LogP contribution in [0, 0.1) is 5.82 Å². The smallest absolute Gasteiger partial charge is 0.129 e. The molecule has 0 atom stereocenters. The van der Waals surface area contributed by atoms with Gasteiger partial charge in [0.1, 0.15) is 23.9 Å². The summed E-state index contributed by atoms with van der Waals surface area (Å²) >= 11 is 0. The Labute approximate surface area is 146 Å². The van der Waals surface area contributed by atoms with Crippen molar-refractivity contribution < 1.29 is 13.5 Å². The van der Waals surface area contributed by atoms with Crippen molar-refractivity contribution in [3.63, 3.8) is 0 Å². The average molecular weight is 348 g/mol. The normalized spacial score (nSPS) is 10.2. The lowest BCUT2D eigenvalue weighted by molar-refractivity contribution is 0.296. The molecule has 0 unspecified atom stereocenters. The van der Waals surface area contributed by atoms with Gasteiger partial charge >= 0.3 is 0 Å². The molecule has 0 saturated carbocycles. The topological polar surface area (TPSA) is 34.4 Å². The molecule has 0 aliphatic rings. The van der Waals surface area contributed by atoms with Crippen LogP contribution in [0.15, 0.2) is 71.3 Å². The van der Waals surface area contributed by atoms with Crippen molar-refractivity contribution in [3.8, 4) is 5.75 Å². The summed E-state index contributed by atoms with van der Waals surface area (Å²) in [5.41, 5.74) is 1.57. The van der Waals surface area contributed by atoms with Crippen molar-refractivity contribution in [2.24, 2.45) is 0 Å². The molecule has 2 aromatic carbocycles. The molecule has 1 aromatic heterocycles. The Morgan fingerprint density at radius 3 is 2.38 bits per heavy atom. The predicted octanol–water partition coefficient (Wildman–Crippen LogP) is 4.71. The molecule has 0 bridgehead atoms. The van der Waals surface area contributed by atoms with Gasteiger partial charge in [-0.2, -0.15) is 0 Å². The number of rotatable bonds is 7. The lowest BCUT2D eigenvalue weighted by Crippen LogP contribution is -2.13. The fourth-order valence-electron chi connectivity index (χ4n) is 2.30. The van der Waals surface area contributed by atoms with Gasteiger partial charge in [-0.1, -0.05) is 36.4 Å². The number of nitrogens with one attached hydrogen (secondary N) is 1. The molecule has 5 heteroatoms. The van der Waals surface area contributed by atoms with Crippen LogP contribution in [0.5, 0.6) is 5.75 Å². The van der Waals surface area contributed by atoms with Gasteiger partial charge in [0.2, 0.25) is 0 Å². The second-order valence-corrected chi connectivity index (χ2v) is 5.17. The van der Waals surface area contributed by atoms with E-state index in [9.17, 15) is 4.39 Å². The summed E-state index contributed by atoms with van der Waals surface area (Å²) in [7, 11) is 0. The van der Waals surface area contributed by atoms with E-state index in [2.05, 4.69) is 5.32 Å². The fourth-order valence-corrected chi connectivity index (χ4v) is 2.30. The molecule has 126 valence electrons. The summed E-state index contributed by atoms with van der Waals surface area (Å²) in [5, 5.41) is 3.31. The third kappa shape index (κ3) is 4.85. The van der Waals surface area contributed by atoms with Crippen molar-refractivity contribution in [1.29, 1.82) is 0 Å². The highest BCUT2D eigenvalue weighted by molar-refractivity contribution is 5.85. The summed E-state index contributed by atoms with van der Waals surface area (Å²) in [4.78, 5) is 0. The number of para-hydroxylation sites is 1. The largest absolute Gasteiger partial charge is 0.488 e. The number of hydrogen-bond acceptors (Lipinski definition) is 3. The molecule has 0 fully saturated rings. The SMILES string of the molecule is Cl.Fc1ccccc1COc1ccccc1CNCc1ccco1. The summed E-state index contributed by atoms with van der Waals surface area (Å²) in [6.07, 6.45) is 1.66. The summed E-state index contributed by atoms with van der Waals surface area (Å²) in [6.45, 7) is 1.50. The summed E-state index contributed by atoms with van der Waals surface area (Å²) in [5.74, 6) is 1.39. The van der Waals surface area contributed by atoms with Crippen LogP contribution >= 0.6 is 12.4 Å². The monoisotopic (exact) mass is 347 g/mol. The van der Waals surface area contributed by atoms with E-state index < -0.39 is 0 Å². The molecule has 0 aliphatic carbocycles. The minimum absolute atomic E-state index is 0. The van der Waals surface area contributed by atoms with E-state index in [1.807, 2.05) is 36.4 Å². The number of furan rings is 1. The highest BCUT2D eigenvalue weighted by Crippen LogP contribution is 2.20. The van der Waals surface area contributed by atoms with Gasteiger partial charge in [-0.25, -0.2) is 4.39 Å². The molecule has 3 aromatic rings. The zero-order chi connectivity index (χ0) is 15.9. The van der Waals surface area contributed by atoms with Gasteiger partial charge in [0.05, 0.1) is 12.8 Å². The molecular formula is C19H19ClFNO2. The number of halogens is 2. The van der Waals surface area contributed by atoms with E-state index in [1.54, 1.807) is 24.5 Å². The second kappa shape index (κ2) is 9.11. The van der Waals surface area contributed by atoms with E-state index >= 15 is 0 Å². The molecular weight excluding hydrogens is 329 g/mol. The van der Waals surface area contributed by atoms with Crippen LogP contribution in [0.1, 0.15) is 16.9 Å². The highest BCUT2D eigenvalue weighted by atomic mass is 35.5. The minimum atomic E-state index is -0.249. The van der Waals surface area contributed by atoms with Gasteiger partial charge in [0.25, 0.3) is 0 Å². The maximum Gasteiger partial charge on any atom is 0.129 e. The van der Waals surface area contributed by atoms with Gasteiger partial charge in [0.15, 0.2) is 0 Å². The van der Waals surface area contributed by atoms with Gasteiger partial charge in [0, 0.05) is 17.7 Å². The maximum atomic E-state index is 13.6. The molecule has 0 amide bonds. The average Bonchev–Trinajstić information content (AvgIpc) is 3.09. The second-order valence-electron chi connectivity index (χ2n) is 5.17. The lowest BCUT2D eigenvalue weighted by atomic mass is 10.2.